The number of ether oxygens (including phenoxy) is 1. The number of piperidine rings is 1. The van der Waals surface area contributed by atoms with Gasteiger partial charge in [-0.1, -0.05) is 12.1 Å². The summed E-state index contributed by atoms with van der Waals surface area (Å²) in [4.78, 5) is 37.3. The van der Waals surface area contributed by atoms with E-state index in [1.807, 2.05) is 0 Å². The molecule has 2 rings (SSSR count). The molecule has 0 aliphatic carbocycles. The number of amides is 3. The molecule has 1 aliphatic rings. The SMILES string of the molecule is CCOC(=O)NC(=N)c1ccc(C(=O)NCCC(=O)N2CCC(O)CC2)cc1. The van der Waals surface area contributed by atoms with Crippen molar-refractivity contribution in [3.05, 3.63) is 35.4 Å². The number of hydrogen-bond acceptors (Lipinski definition) is 6. The molecule has 9 heteroatoms. The van der Waals surface area contributed by atoms with E-state index in [9.17, 15) is 19.5 Å². The summed E-state index contributed by atoms with van der Waals surface area (Å²) < 4.78 is 4.71. The van der Waals surface area contributed by atoms with Crippen molar-refractivity contribution in [3.8, 4) is 0 Å². The fourth-order valence-electron chi connectivity index (χ4n) is 2.79. The number of carbonyl (C=O) groups excluding carboxylic acids is 3. The molecule has 1 saturated heterocycles. The van der Waals surface area contributed by atoms with Crippen molar-refractivity contribution in [2.45, 2.75) is 32.3 Å². The first-order valence-electron chi connectivity index (χ1n) is 9.27. The molecule has 0 saturated carbocycles. The van der Waals surface area contributed by atoms with Crippen LogP contribution in [-0.4, -0.2) is 66.1 Å². The fraction of sp³-hybridized carbons (Fsp3) is 0.474. The molecular formula is C19H26N4O5. The van der Waals surface area contributed by atoms with Crippen LogP contribution in [-0.2, 0) is 9.53 Å². The molecule has 9 nitrogen and oxygen atoms in total. The Kier molecular flexibility index (Phi) is 7.94. The van der Waals surface area contributed by atoms with Crippen molar-refractivity contribution in [2.24, 2.45) is 0 Å². The van der Waals surface area contributed by atoms with E-state index in [-0.39, 0.29) is 43.3 Å². The number of hydrogen-bond donors (Lipinski definition) is 4. The third-order valence-corrected chi connectivity index (χ3v) is 4.38. The van der Waals surface area contributed by atoms with E-state index in [1.165, 1.54) is 0 Å². The van der Waals surface area contributed by atoms with E-state index < -0.39 is 6.09 Å². The van der Waals surface area contributed by atoms with Gasteiger partial charge >= 0.3 is 6.09 Å². The van der Waals surface area contributed by atoms with Crippen molar-refractivity contribution >= 4 is 23.7 Å². The summed E-state index contributed by atoms with van der Waals surface area (Å²) in [5, 5.41) is 22.3. The Morgan fingerprint density at radius 1 is 1.18 bits per heavy atom. The monoisotopic (exact) mass is 390 g/mol. The predicted molar refractivity (Wildman–Crippen MR) is 102 cm³/mol. The van der Waals surface area contributed by atoms with Gasteiger partial charge < -0.3 is 20.1 Å². The van der Waals surface area contributed by atoms with Crippen LogP contribution in [0.3, 0.4) is 0 Å². The number of aliphatic hydroxyl groups excluding tert-OH is 1. The van der Waals surface area contributed by atoms with Crippen molar-refractivity contribution < 1.29 is 24.2 Å². The second kappa shape index (κ2) is 10.4. The van der Waals surface area contributed by atoms with E-state index in [0.717, 1.165) is 0 Å². The van der Waals surface area contributed by atoms with Gasteiger partial charge in [0.05, 0.1) is 12.7 Å². The number of rotatable bonds is 6. The Morgan fingerprint density at radius 2 is 1.79 bits per heavy atom. The van der Waals surface area contributed by atoms with Crippen LogP contribution in [0.15, 0.2) is 24.3 Å². The van der Waals surface area contributed by atoms with Crippen LogP contribution in [0.2, 0.25) is 0 Å². The van der Waals surface area contributed by atoms with Crippen molar-refractivity contribution in [1.82, 2.24) is 15.5 Å². The molecule has 0 bridgehead atoms. The zero-order valence-electron chi connectivity index (χ0n) is 15.9. The van der Waals surface area contributed by atoms with E-state index in [0.29, 0.717) is 37.1 Å². The molecule has 0 atom stereocenters. The molecule has 1 aromatic rings. The lowest BCUT2D eigenvalue weighted by molar-refractivity contribution is -0.133. The van der Waals surface area contributed by atoms with Crippen LogP contribution in [0.4, 0.5) is 4.79 Å². The van der Waals surface area contributed by atoms with Gasteiger partial charge in [-0.15, -0.1) is 0 Å². The number of aliphatic hydroxyl groups is 1. The van der Waals surface area contributed by atoms with Gasteiger partial charge in [0, 0.05) is 37.2 Å². The third-order valence-electron chi connectivity index (χ3n) is 4.38. The standard InChI is InChI=1S/C19H26N4O5/c1-2-28-19(27)22-17(20)13-3-5-14(6-4-13)18(26)21-10-7-16(25)23-11-8-15(24)9-12-23/h3-6,15,24H,2,7-12H2,1H3,(H,21,26)(H2,20,22,27). The summed E-state index contributed by atoms with van der Waals surface area (Å²) in [6.45, 7) is 3.18. The van der Waals surface area contributed by atoms with Crippen LogP contribution in [0, 0.1) is 5.41 Å². The average Bonchev–Trinajstić information content (AvgIpc) is 2.68. The van der Waals surface area contributed by atoms with E-state index in [1.54, 1.807) is 36.1 Å². The molecule has 152 valence electrons. The minimum atomic E-state index is -0.706. The lowest BCUT2D eigenvalue weighted by atomic mass is 10.1. The zero-order chi connectivity index (χ0) is 20.5. The maximum Gasteiger partial charge on any atom is 0.412 e. The van der Waals surface area contributed by atoms with Crippen LogP contribution in [0.1, 0.15) is 42.1 Å². The Hall–Kier alpha value is -2.94. The van der Waals surface area contributed by atoms with Crippen molar-refractivity contribution in [3.63, 3.8) is 0 Å². The van der Waals surface area contributed by atoms with Gasteiger partial charge in [-0.3, -0.25) is 20.3 Å². The Balaban J connectivity index is 1.77. The van der Waals surface area contributed by atoms with Gasteiger partial charge in [0.15, 0.2) is 0 Å². The van der Waals surface area contributed by atoms with Crippen LogP contribution in [0.25, 0.3) is 0 Å². The molecule has 3 amide bonds. The quantitative estimate of drug-likeness (QED) is 0.423. The van der Waals surface area contributed by atoms with Crippen LogP contribution in [0.5, 0.6) is 0 Å². The van der Waals surface area contributed by atoms with E-state index in [2.05, 4.69) is 10.6 Å². The molecule has 1 fully saturated rings. The van der Waals surface area contributed by atoms with E-state index in [4.69, 9.17) is 10.1 Å². The summed E-state index contributed by atoms with van der Waals surface area (Å²) >= 11 is 0. The molecule has 0 spiro atoms. The van der Waals surface area contributed by atoms with E-state index >= 15 is 0 Å². The van der Waals surface area contributed by atoms with Gasteiger partial charge in [0.1, 0.15) is 5.84 Å². The predicted octanol–water partition coefficient (Wildman–Crippen LogP) is 0.861. The smallest absolute Gasteiger partial charge is 0.412 e. The summed E-state index contributed by atoms with van der Waals surface area (Å²) in [7, 11) is 0. The number of amidine groups is 1. The molecule has 0 aromatic heterocycles. The second-order valence-electron chi connectivity index (χ2n) is 6.42. The lowest BCUT2D eigenvalue weighted by Gasteiger charge is -2.29. The highest BCUT2D eigenvalue weighted by atomic mass is 16.5. The summed E-state index contributed by atoms with van der Waals surface area (Å²) in [6.07, 6.45) is 0.339. The number of alkyl carbamates (subject to hydrolysis) is 1. The fourth-order valence-corrected chi connectivity index (χ4v) is 2.79. The summed E-state index contributed by atoms with van der Waals surface area (Å²) in [5.41, 5.74) is 0.827. The highest BCUT2D eigenvalue weighted by Crippen LogP contribution is 2.11. The topological polar surface area (TPSA) is 132 Å². The molecule has 4 N–H and O–H groups in total. The maximum absolute atomic E-state index is 12.2. The molecule has 0 radical (unpaired) electrons. The highest BCUT2D eigenvalue weighted by Gasteiger charge is 2.21. The molecular weight excluding hydrogens is 364 g/mol. The van der Waals surface area contributed by atoms with Crippen molar-refractivity contribution in [1.29, 1.82) is 5.41 Å². The maximum atomic E-state index is 12.2. The summed E-state index contributed by atoms with van der Waals surface area (Å²) in [5.74, 6) is -0.484. The zero-order valence-corrected chi connectivity index (χ0v) is 15.9. The minimum absolute atomic E-state index is 0.0407. The third kappa shape index (κ3) is 6.34. The molecule has 28 heavy (non-hydrogen) atoms. The Labute approximate surface area is 163 Å². The number of benzene rings is 1. The van der Waals surface area contributed by atoms with Gasteiger partial charge in [0.25, 0.3) is 5.91 Å². The highest BCUT2D eigenvalue weighted by molar-refractivity contribution is 6.05. The number of likely N-dealkylation sites (tertiary alicyclic amines) is 1. The number of carbonyl (C=O) groups is 3. The van der Waals surface area contributed by atoms with Crippen LogP contribution >= 0.6 is 0 Å². The lowest BCUT2D eigenvalue weighted by Crippen LogP contribution is -2.41. The largest absolute Gasteiger partial charge is 0.450 e. The van der Waals surface area contributed by atoms with Crippen LogP contribution < -0.4 is 10.6 Å². The normalized spacial score (nSPS) is 14.3. The molecule has 0 unspecified atom stereocenters. The van der Waals surface area contributed by atoms with Gasteiger partial charge in [-0.05, 0) is 31.9 Å². The first-order valence-corrected chi connectivity index (χ1v) is 9.27. The molecule has 1 heterocycles. The number of nitrogens with zero attached hydrogens (tertiary/aromatic N) is 1. The Bertz CT molecular complexity index is 712. The van der Waals surface area contributed by atoms with Gasteiger partial charge in [-0.2, -0.15) is 0 Å². The van der Waals surface area contributed by atoms with Crippen molar-refractivity contribution in [2.75, 3.05) is 26.2 Å². The van der Waals surface area contributed by atoms with Gasteiger partial charge in [0.2, 0.25) is 5.91 Å². The molecule has 1 aliphatic heterocycles. The Morgan fingerprint density at radius 3 is 2.39 bits per heavy atom. The second-order valence-corrected chi connectivity index (χ2v) is 6.42. The summed E-state index contributed by atoms with van der Waals surface area (Å²) in [6, 6.07) is 6.18. The average molecular weight is 390 g/mol. The van der Waals surface area contributed by atoms with Gasteiger partial charge in [-0.25, -0.2) is 4.79 Å². The first kappa shape index (κ1) is 21.4. The minimum Gasteiger partial charge on any atom is -0.450 e. The molecule has 1 aromatic carbocycles. The number of nitrogens with one attached hydrogen (secondary N) is 3. The first-order chi connectivity index (χ1) is 13.4.